The molecule has 0 aromatic heterocycles. The average Bonchev–Trinajstić information content (AvgIpc) is 2.87. The Morgan fingerprint density at radius 3 is 2.78 bits per heavy atom. The molecular formula is C13H15NO4. The second kappa shape index (κ2) is 4.86. The fraction of sp³-hybridized carbons (Fsp3) is 0.462. The lowest BCUT2D eigenvalue weighted by molar-refractivity contribution is 0.0696. The van der Waals surface area contributed by atoms with Crippen molar-refractivity contribution in [1.82, 2.24) is 5.32 Å². The minimum Gasteiger partial charge on any atom is -0.454 e. The van der Waals surface area contributed by atoms with E-state index in [-0.39, 0.29) is 18.7 Å². The lowest BCUT2D eigenvalue weighted by Gasteiger charge is -2.23. The first-order valence-electron chi connectivity index (χ1n) is 6.11. The van der Waals surface area contributed by atoms with Crippen LogP contribution in [0.1, 0.15) is 23.2 Å². The minimum atomic E-state index is -0.0693. The van der Waals surface area contributed by atoms with E-state index in [1.54, 1.807) is 18.2 Å². The zero-order chi connectivity index (χ0) is 12.4. The third-order valence-electron chi connectivity index (χ3n) is 3.19. The molecule has 0 radical (unpaired) electrons. The quantitative estimate of drug-likeness (QED) is 0.859. The number of ether oxygens (including phenoxy) is 3. The summed E-state index contributed by atoms with van der Waals surface area (Å²) >= 11 is 0. The summed E-state index contributed by atoms with van der Waals surface area (Å²) in [5.74, 6) is 1.26. The molecular weight excluding hydrogens is 234 g/mol. The smallest absolute Gasteiger partial charge is 0.251 e. The predicted molar refractivity (Wildman–Crippen MR) is 63.9 cm³/mol. The zero-order valence-electron chi connectivity index (χ0n) is 9.98. The van der Waals surface area contributed by atoms with Crippen LogP contribution in [0.2, 0.25) is 0 Å². The second-order valence-corrected chi connectivity index (χ2v) is 4.43. The summed E-state index contributed by atoms with van der Waals surface area (Å²) in [6.45, 7) is 1.65. The van der Waals surface area contributed by atoms with Gasteiger partial charge in [-0.2, -0.15) is 0 Å². The van der Waals surface area contributed by atoms with Crippen molar-refractivity contribution in [3.63, 3.8) is 0 Å². The predicted octanol–water partition coefficient (Wildman–Crippen LogP) is 1.32. The average molecular weight is 249 g/mol. The molecule has 1 fully saturated rings. The largest absolute Gasteiger partial charge is 0.454 e. The first kappa shape index (κ1) is 11.3. The van der Waals surface area contributed by atoms with E-state index in [0.29, 0.717) is 30.3 Å². The molecule has 2 aliphatic heterocycles. The Labute approximate surface area is 105 Å². The van der Waals surface area contributed by atoms with Crippen LogP contribution in [0.25, 0.3) is 0 Å². The molecule has 0 unspecified atom stereocenters. The number of amides is 1. The van der Waals surface area contributed by atoms with Gasteiger partial charge >= 0.3 is 0 Å². The Kier molecular flexibility index (Phi) is 3.06. The summed E-state index contributed by atoms with van der Waals surface area (Å²) < 4.78 is 15.7. The highest BCUT2D eigenvalue weighted by molar-refractivity contribution is 5.95. The van der Waals surface area contributed by atoms with Crippen LogP contribution >= 0.6 is 0 Å². The summed E-state index contributed by atoms with van der Waals surface area (Å²) in [6, 6.07) is 5.44. The van der Waals surface area contributed by atoms with Crippen LogP contribution in [0, 0.1) is 0 Å². The molecule has 5 nitrogen and oxygen atoms in total. The highest BCUT2D eigenvalue weighted by Gasteiger charge is 2.19. The highest BCUT2D eigenvalue weighted by atomic mass is 16.7. The third-order valence-corrected chi connectivity index (χ3v) is 3.19. The summed E-state index contributed by atoms with van der Waals surface area (Å²) in [6.07, 6.45) is 1.74. The van der Waals surface area contributed by atoms with Crippen molar-refractivity contribution in [3.05, 3.63) is 23.8 Å². The van der Waals surface area contributed by atoms with Crippen molar-refractivity contribution in [3.8, 4) is 11.5 Å². The maximum absolute atomic E-state index is 12.1. The molecule has 2 heterocycles. The number of hydrogen-bond acceptors (Lipinski definition) is 4. The maximum Gasteiger partial charge on any atom is 0.251 e. The molecule has 0 saturated carbocycles. The van der Waals surface area contributed by atoms with Crippen LogP contribution in [-0.4, -0.2) is 32.0 Å². The van der Waals surface area contributed by atoms with Crippen molar-refractivity contribution >= 4 is 5.91 Å². The lowest BCUT2D eigenvalue weighted by Crippen LogP contribution is -2.38. The lowest BCUT2D eigenvalue weighted by atomic mass is 10.1. The summed E-state index contributed by atoms with van der Waals surface area (Å²) in [7, 11) is 0. The number of carbonyl (C=O) groups is 1. The van der Waals surface area contributed by atoms with Gasteiger partial charge in [0.25, 0.3) is 5.91 Å². The zero-order valence-corrected chi connectivity index (χ0v) is 9.98. The fourth-order valence-electron chi connectivity index (χ4n) is 2.15. The van der Waals surface area contributed by atoms with Gasteiger partial charge in [-0.3, -0.25) is 4.79 Å². The van der Waals surface area contributed by atoms with Gasteiger partial charge in [-0.15, -0.1) is 0 Å². The standard InChI is InChI=1S/C13H15NO4/c15-13(14-10-3-5-16-6-4-10)9-1-2-11-12(7-9)18-8-17-11/h1-2,7,10H,3-6,8H2,(H,14,15). The van der Waals surface area contributed by atoms with Crippen molar-refractivity contribution < 1.29 is 19.0 Å². The van der Waals surface area contributed by atoms with E-state index in [4.69, 9.17) is 14.2 Å². The Balaban J connectivity index is 1.68. The first-order valence-corrected chi connectivity index (χ1v) is 6.11. The fourth-order valence-corrected chi connectivity index (χ4v) is 2.15. The van der Waals surface area contributed by atoms with Gasteiger partial charge in [0.2, 0.25) is 6.79 Å². The van der Waals surface area contributed by atoms with Crippen molar-refractivity contribution in [1.29, 1.82) is 0 Å². The molecule has 2 aliphatic rings. The molecule has 0 bridgehead atoms. The number of nitrogens with one attached hydrogen (secondary N) is 1. The molecule has 3 rings (SSSR count). The molecule has 1 N–H and O–H groups in total. The molecule has 1 aromatic rings. The summed E-state index contributed by atoms with van der Waals surface area (Å²) in [4.78, 5) is 12.1. The Morgan fingerprint density at radius 1 is 1.17 bits per heavy atom. The van der Waals surface area contributed by atoms with Gasteiger partial charge in [-0.1, -0.05) is 0 Å². The van der Waals surface area contributed by atoms with E-state index in [1.165, 1.54) is 0 Å². The van der Waals surface area contributed by atoms with Crippen LogP contribution in [0.15, 0.2) is 18.2 Å². The second-order valence-electron chi connectivity index (χ2n) is 4.43. The van der Waals surface area contributed by atoms with Gasteiger partial charge < -0.3 is 19.5 Å². The molecule has 5 heteroatoms. The Hall–Kier alpha value is -1.75. The van der Waals surface area contributed by atoms with Crippen LogP contribution in [-0.2, 0) is 4.74 Å². The normalized spacial score (nSPS) is 18.7. The van der Waals surface area contributed by atoms with E-state index in [0.717, 1.165) is 12.8 Å². The number of rotatable bonds is 2. The van der Waals surface area contributed by atoms with Crippen LogP contribution < -0.4 is 14.8 Å². The molecule has 18 heavy (non-hydrogen) atoms. The van der Waals surface area contributed by atoms with Crippen molar-refractivity contribution in [2.75, 3.05) is 20.0 Å². The molecule has 96 valence electrons. The molecule has 0 aliphatic carbocycles. The third kappa shape index (κ3) is 2.26. The molecule has 1 saturated heterocycles. The SMILES string of the molecule is O=C(NC1CCOCC1)c1ccc2c(c1)OCO2. The van der Waals surface area contributed by atoms with Crippen molar-refractivity contribution in [2.45, 2.75) is 18.9 Å². The van der Waals surface area contributed by atoms with Gasteiger partial charge in [0.05, 0.1) is 0 Å². The molecule has 0 atom stereocenters. The highest BCUT2D eigenvalue weighted by Crippen LogP contribution is 2.32. The van der Waals surface area contributed by atoms with Gasteiger partial charge in [-0.05, 0) is 31.0 Å². The van der Waals surface area contributed by atoms with Crippen molar-refractivity contribution in [2.24, 2.45) is 0 Å². The number of benzene rings is 1. The van der Waals surface area contributed by atoms with E-state index < -0.39 is 0 Å². The topological polar surface area (TPSA) is 56.8 Å². The van der Waals surface area contributed by atoms with Gasteiger partial charge in [0.15, 0.2) is 11.5 Å². The van der Waals surface area contributed by atoms with Crippen LogP contribution in [0.5, 0.6) is 11.5 Å². The van der Waals surface area contributed by atoms with E-state index in [2.05, 4.69) is 5.32 Å². The number of fused-ring (bicyclic) bond motifs is 1. The van der Waals surface area contributed by atoms with Crippen LogP contribution in [0.4, 0.5) is 0 Å². The summed E-state index contributed by atoms with van der Waals surface area (Å²) in [5.41, 5.74) is 0.603. The minimum absolute atomic E-state index is 0.0693. The Bertz CT molecular complexity index is 454. The van der Waals surface area contributed by atoms with Crippen LogP contribution in [0.3, 0.4) is 0 Å². The molecule has 0 spiro atoms. The first-order chi connectivity index (χ1) is 8.83. The van der Waals surface area contributed by atoms with E-state index >= 15 is 0 Å². The monoisotopic (exact) mass is 249 g/mol. The van der Waals surface area contributed by atoms with Gasteiger partial charge in [-0.25, -0.2) is 0 Å². The number of carbonyl (C=O) groups excluding carboxylic acids is 1. The number of hydrogen-bond donors (Lipinski definition) is 1. The van der Waals surface area contributed by atoms with E-state index in [9.17, 15) is 4.79 Å². The molecule has 1 aromatic carbocycles. The maximum atomic E-state index is 12.1. The molecule has 1 amide bonds. The van der Waals surface area contributed by atoms with Gasteiger partial charge in [0, 0.05) is 24.8 Å². The van der Waals surface area contributed by atoms with Gasteiger partial charge in [0.1, 0.15) is 0 Å². The summed E-state index contributed by atoms with van der Waals surface area (Å²) in [5, 5.41) is 3.01. The Morgan fingerprint density at radius 2 is 1.94 bits per heavy atom. The van der Waals surface area contributed by atoms with E-state index in [1.807, 2.05) is 0 Å².